The largest absolute Gasteiger partial charge is 0.308 e. The van der Waals surface area contributed by atoms with Crippen LogP contribution in [-0.2, 0) is 0 Å². The van der Waals surface area contributed by atoms with E-state index in [4.69, 9.17) is 0 Å². The Morgan fingerprint density at radius 3 is 1.86 bits per heavy atom. The van der Waals surface area contributed by atoms with E-state index in [0.717, 1.165) is 11.4 Å². The van der Waals surface area contributed by atoms with Gasteiger partial charge in [0.15, 0.2) is 0 Å². The average molecular weight is 584 g/mol. The number of hydrogen-bond acceptors (Lipinski definition) is 3. The molecule has 0 saturated heterocycles. The highest BCUT2D eigenvalue weighted by molar-refractivity contribution is 7.26. The molecule has 0 saturated carbocycles. The van der Waals surface area contributed by atoms with Crippen molar-refractivity contribution in [1.82, 2.24) is 0 Å². The molecule has 9 aromatic rings. The van der Waals surface area contributed by atoms with Crippen molar-refractivity contribution >= 4 is 90.9 Å². The summed E-state index contributed by atoms with van der Waals surface area (Å²) in [5, 5.41) is 7.69. The van der Waals surface area contributed by atoms with E-state index >= 15 is 0 Å². The maximum Gasteiger partial charge on any atom is 0.0718 e. The fraction of sp³-hybridized carbons (Fsp3) is 0. The van der Waals surface area contributed by atoms with Gasteiger partial charge in [0.1, 0.15) is 0 Å². The van der Waals surface area contributed by atoms with Crippen LogP contribution in [0.2, 0.25) is 0 Å². The molecule has 2 aromatic heterocycles. The number of fused-ring (bicyclic) bond motifs is 7. The third-order valence-corrected chi connectivity index (χ3v) is 10.8. The second-order valence-corrected chi connectivity index (χ2v) is 13.1. The molecule has 0 spiro atoms. The molecular weight excluding hydrogens is 559 g/mol. The van der Waals surface area contributed by atoms with Crippen LogP contribution in [-0.4, -0.2) is 0 Å². The van der Waals surface area contributed by atoms with Gasteiger partial charge in [-0.1, -0.05) is 109 Å². The molecule has 0 bridgehead atoms. The predicted octanol–water partition coefficient (Wildman–Crippen LogP) is 12.7. The quantitative estimate of drug-likeness (QED) is 0.199. The maximum absolute atomic E-state index is 2.50. The van der Waals surface area contributed by atoms with E-state index in [1.54, 1.807) is 0 Å². The summed E-state index contributed by atoms with van der Waals surface area (Å²) >= 11 is 3.75. The molecule has 43 heavy (non-hydrogen) atoms. The third-order valence-electron chi connectivity index (χ3n) is 8.44. The molecule has 9 rings (SSSR count). The number of rotatable bonds is 4. The molecule has 0 fully saturated rings. The second-order valence-electron chi connectivity index (χ2n) is 10.9. The molecule has 0 N–H and O–H groups in total. The number of thiophene rings is 2. The minimum atomic E-state index is 1.15. The SMILES string of the molecule is c1ccc(-c2ccc3c(sc4ccccc43)c2N(c2ccc3ccccc3c2)c2ccc3sc4ccccc4c3c2)cc1. The zero-order valence-electron chi connectivity index (χ0n) is 23.2. The van der Waals surface area contributed by atoms with Crippen LogP contribution in [0.15, 0.2) is 152 Å². The van der Waals surface area contributed by atoms with Gasteiger partial charge in [0.2, 0.25) is 0 Å². The summed E-state index contributed by atoms with van der Waals surface area (Å²) in [6.07, 6.45) is 0. The lowest BCUT2D eigenvalue weighted by atomic mass is 9.99. The van der Waals surface area contributed by atoms with E-state index in [1.807, 2.05) is 22.7 Å². The Balaban J connectivity index is 1.41. The van der Waals surface area contributed by atoms with E-state index in [2.05, 4.69) is 157 Å². The molecule has 0 aliphatic rings. The first-order valence-electron chi connectivity index (χ1n) is 14.5. The maximum atomic E-state index is 2.50. The molecule has 202 valence electrons. The first-order chi connectivity index (χ1) is 21.3. The standard InChI is InChI=1S/C40H25NS2/c1-2-11-27(12-3-1)31-21-22-34-32-14-6-9-17-37(32)43-40(34)39(31)41(29-19-18-26-10-4-5-13-28(26)24-29)30-20-23-38-35(25-30)33-15-7-8-16-36(33)42-38/h1-25H. The summed E-state index contributed by atoms with van der Waals surface area (Å²) in [5.41, 5.74) is 5.97. The van der Waals surface area contributed by atoms with Crippen molar-refractivity contribution in [2.45, 2.75) is 0 Å². The van der Waals surface area contributed by atoms with Crippen LogP contribution in [0.5, 0.6) is 0 Å². The summed E-state index contributed by atoms with van der Waals surface area (Å²) < 4.78 is 5.24. The number of anilines is 3. The second kappa shape index (κ2) is 9.81. The lowest BCUT2D eigenvalue weighted by Crippen LogP contribution is -2.11. The first kappa shape index (κ1) is 24.6. The summed E-state index contributed by atoms with van der Waals surface area (Å²) in [7, 11) is 0. The number of benzene rings is 7. The van der Waals surface area contributed by atoms with Crippen molar-refractivity contribution in [2.75, 3.05) is 4.90 Å². The lowest BCUT2D eigenvalue weighted by Gasteiger charge is -2.29. The van der Waals surface area contributed by atoms with Crippen LogP contribution < -0.4 is 4.90 Å². The summed E-state index contributed by atoms with van der Waals surface area (Å²) in [4.78, 5) is 2.50. The Kier molecular flexibility index (Phi) is 5.62. The molecule has 0 atom stereocenters. The number of hydrogen-bond donors (Lipinski definition) is 0. The molecule has 1 nitrogen and oxygen atoms in total. The van der Waals surface area contributed by atoms with Crippen LogP contribution >= 0.6 is 22.7 Å². The van der Waals surface area contributed by atoms with E-state index in [1.165, 1.54) is 67.9 Å². The summed E-state index contributed by atoms with van der Waals surface area (Å²) in [6.45, 7) is 0. The minimum absolute atomic E-state index is 1.15. The van der Waals surface area contributed by atoms with E-state index in [9.17, 15) is 0 Å². The van der Waals surface area contributed by atoms with Gasteiger partial charge in [0.05, 0.1) is 10.4 Å². The van der Waals surface area contributed by atoms with Crippen LogP contribution in [0.1, 0.15) is 0 Å². The topological polar surface area (TPSA) is 3.24 Å². The first-order valence-corrected chi connectivity index (χ1v) is 16.1. The Hall–Kier alpha value is -4.96. The fourth-order valence-corrected chi connectivity index (χ4v) is 8.75. The van der Waals surface area contributed by atoms with Gasteiger partial charge in [-0.3, -0.25) is 0 Å². The molecule has 7 aromatic carbocycles. The van der Waals surface area contributed by atoms with Gasteiger partial charge in [-0.15, -0.1) is 22.7 Å². The Morgan fingerprint density at radius 1 is 0.395 bits per heavy atom. The highest BCUT2D eigenvalue weighted by Crippen LogP contribution is 2.50. The summed E-state index contributed by atoms with van der Waals surface area (Å²) in [5.74, 6) is 0. The monoisotopic (exact) mass is 583 g/mol. The number of nitrogens with zero attached hydrogens (tertiary/aromatic N) is 1. The van der Waals surface area contributed by atoms with Crippen LogP contribution in [0.25, 0.3) is 62.2 Å². The van der Waals surface area contributed by atoms with Crippen molar-refractivity contribution in [3.8, 4) is 11.1 Å². The highest BCUT2D eigenvalue weighted by atomic mass is 32.1. The normalized spacial score (nSPS) is 11.7. The van der Waals surface area contributed by atoms with Crippen molar-refractivity contribution in [3.05, 3.63) is 152 Å². The molecule has 0 aliphatic carbocycles. The molecule has 0 unspecified atom stereocenters. The molecule has 2 heterocycles. The van der Waals surface area contributed by atoms with Crippen LogP contribution in [0.3, 0.4) is 0 Å². The van der Waals surface area contributed by atoms with Gasteiger partial charge in [-0.05, 0) is 58.8 Å². The Labute approximate surface area is 257 Å². The van der Waals surface area contributed by atoms with Gasteiger partial charge in [-0.2, -0.15) is 0 Å². The van der Waals surface area contributed by atoms with Crippen molar-refractivity contribution in [2.24, 2.45) is 0 Å². The lowest BCUT2D eigenvalue weighted by molar-refractivity contribution is 1.31. The highest BCUT2D eigenvalue weighted by Gasteiger charge is 2.23. The Bertz CT molecular complexity index is 2470. The zero-order valence-corrected chi connectivity index (χ0v) is 24.8. The zero-order chi connectivity index (χ0) is 28.3. The van der Waals surface area contributed by atoms with Gasteiger partial charge in [0, 0.05) is 52.6 Å². The van der Waals surface area contributed by atoms with Gasteiger partial charge in [-0.25, -0.2) is 0 Å². The average Bonchev–Trinajstić information content (AvgIpc) is 3.64. The third kappa shape index (κ3) is 3.97. The van der Waals surface area contributed by atoms with Gasteiger partial charge < -0.3 is 4.90 Å². The van der Waals surface area contributed by atoms with Crippen molar-refractivity contribution in [3.63, 3.8) is 0 Å². The minimum Gasteiger partial charge on any atom is -0.308 e. The van der Waals surface area contributed by atoms with E-state index in [0.29, 0.717) is 0 Å². The van der Waals surface area contributed by atoms with Crippen molar-refractivity contribution < 1.29 is 0 Å². The summed E-state index contributed by atoms with van der Waals surface area (Å²) in [6, 6.07) is 55.5. The van der Waals surface area contributed by atoms with Crippen molar-refractivity contribution in [1.29, 1.82) is 0 Å². The van der Waals surface area contributed by atoms with Gasteiger partial charge in [0.25, 0.3) is 0 Å². The van der Waals surface area contributed by atoms with E-state index in [-0.39, 0.29) is 0 Å². The van der Waals surface area contributed by atoms with Crippen LogP contribution in [0, 0.1) is 0 Å². The van der Waals surface area contributed by atoms with Gasteiger partial charge >= 0.3 is 0 Å². The molecular formula is C40H25NS2. The molecule has 0 aliphatic heterocycles. The molecule has 0 radical (unpaired) electrons. The smallest absolute Gasteiger partial charge is 0.0718 e. The Morgan fingerprint density at radius 2 is 1.02 bits per heavy atom. The molecule has 0 amide bonds. The van der Waals surface area contributed by atoms with Crippen LogP contribution in [0.4, 0.5) is 17.1 Å². The fourth-order valence-electron chi connectivity index (χ4n) is 6.42. The van der Waals surface area contributed by atoms with E-state index < -0.39 is 0 Å². The molecule has 3 heteroatoms. The predicted molar refractivity (Wildman–Crippen MR) is 190 cm³/mol.